The first kappa shape index (κ1) is 16.5. The fraction of sp³-hybridized carbons (Fsp3) is 0.684. The molecule has 1 saturated heterocycles. The third-order valence-corrected chi connectivity index (χ3v) is 4.43. The first-order chi connectivity index (χ1) is 10.3. The molecule has 1 aliphatic carbocycles. The van der Waals surface area contributed by atoms with Crippen LogP contribution in [0.15, 0.2) is 18.2 Å². The number of hydrogen-bond acceptors (Lipinski definition) is 2. The molecule has 0 bridgehead atoms. The van der Waals surface area contributed by atoms with E-state index in [4.69, 9.17) is 0 Å². The lowest BCUT2D eigenvalue weighted by Gasteiger charge is -2.16. The summed E-state index contributed by atoms with van der Waals surface area (Å²) in [5.41, 5.74) is 4.52. The van der Waals surface area contributed by atoms with Gasteiger partial charge in [-0.2, -0.15) is 0 Å². The number of hydrogen-bond donors (Lipinski definition) is 1. The standard InChI is InChI=1S/C17H26N2.C2H6/c1-14-4-7-17(15-5-6-15)16(12-14)13-18-8-11-19-9-2-3-10-19;1-2/h4,7,12,15,18H,2-3,5-6,8-11,13H2,1H3;1-2H3. The predicted octanol–water partition coefficient (Wildman–Crippen LogP) is 4.08. The van der Waals surface area contributed by atoms with Gasteiger partial charge in [0.15, 0.2) is 0 Å². The van der Waals surface area contributed by atoms with Crippen molar-refractivity contribution in [2.24, 2.45) is 0 Å². The molecule has 21 heavy (non-hydrogen) atoms. The Morgan fingerprint density at radius 3 is 2.52 bits per heavy atom. The van der Waals surface area contributed by atoms with E-state index in [-0.39, 0.29) is 0 Å². The largest absolute Gasteiger partial charge is 0.311 e. The number of likely N-dealkylation sites (tertiary alicyclic amines) is 1. The molecule has 1 saturated carbocycles. The molecule has 2 fully saturated rings. The van der Waals surface area contributed by atoms with E-state index in [9.17, 15) is 0 Å². The summed E-state index contributed by atoms with van der Waals surface area (Å²) >= 11 is 0. The molecule has 1 N–H and O–H groups in total. The van der Waals surface area contributed by atoms with Gasteiger partial charge >= 0.3 is 0 Å². The third kappa shape index (κ3) is 5.12. The lowest BCUT2D eigenvalue weighted by Crippen LogP contribution is -2.29. The fourth-order valence-corrected chi connectivity index (χ4v) is 3.15. The van der Waals surface area contributed by atoms with Crippen LogP contribution >= 0.6 is 0 Å². The first-order valence-corrected chi connectivity index (χ1v) is 8.85. The van der Waals surface area contributed by atoms with E-state index in [1.807, 2.05) is 13.8 Å². The molecule has 1 aromatic carbocycles. The van der Waals surface area contributed by atoms with Crippen molar-refractivity contribution in [2.45, 2.75) is 58.9 Å². The van der Waals surface area contributed by atoms with Crippen molar-refractivity contribution in [2.75, 3.05) is 26.2 Å². The molecule has 0 aromatic heterocycles. The Labute approximate surface area is 130 Å². The van der Waals surface area contributed by atoms with Gasteiger partial charge in [0.05, 0.1) is 0 Å². The molecule has 1 heterocycles. The molecule has 1 aromatic rings. The van der Waals surface area contributed by atoms with Gasteiger partial charge in [-0.1, -0.05) is 37.6 Å². The zero-order chi connectivity index (χ0) is 15.1. The summed E-state index contributed by atoms with van der Waals surface area (Å²) < 4.78 is 0. The Hall–Kier alpha value is -0.860. The van der Waals surface area contributed by atoms with Crippen molar-refractivity contribution in [3.8, 4) is 0 Å². The summed E-state index contributed by atoms with van der Waals surface area (Å²) in [6.07, 6.45) is 5.57. The lowest BCUT2D eigenvalue weighted by atomic mass is 10.0. The van der Waals surface area contributed by atoms with Gasteiger partial charge in [0.1, 0.15) is 0 Å². The molecular weight excluding hydrogens is 256 g/mol. The van der Waals surface area contributed by atoms with Gasteiger partial charge in [0, 0.05) is 19.6 Å². The van der Waals surface area contributed by atoms with E-state index in [2.05, 4.69) is 35.3 Å². The minimum atomic E-state index is 0.857. The monoisotopic (exact) mass is 288 g/mol. The fourth-order valence-electron chi connectivity index (χ4n) is 3.15. The van der Waals surface area contributed by atoms with Crippen LogP contribution in [0.5, 0.6) is 0 Å². The maximum Gasteiger partial charge on any atom is 0.0208 e. The van der Waals surface area contributed by atoms with Crippen molar-refractivity contribution in [3.05, 3.63) is 34.9 Å². The van der Waals surface area contributed by atoms with Crippen LogP contribution in [0, 0.1) is 6.92 Å². The van der Waals surface area contributed by atoms with Crippen LogP contribution in [0.2, 0.25) is 0 Å². The summed E-state index contributed by atoms with van der Waals surface area (Å²) in [5.74, 6) is 0.857. The highest BCUT2D eigenvalue weighted by atomic mass is 15.1. The predicted molar refractivity (Wildman–Crippen MR) is 91.9 cm³/mol. The normalized spacial score (nSPS) is 18.4. The molecule has 2 aliphatic rings. The van der Waals surface area contributed by atoms with Crippen molar-refractivity contribution in [3.63, 3.8) is 0 Å². The minimum absolute atomic E-state index is 0.857. The molecule has 2 nitrogen and oxygen atoms in total. The molecule has 118 valence electrons. The Bertz CT molecular complexity index is 418. The summed E-state index contributed by atoms with van der Waals surface area (Å²) in [6, 6.07) is 6.99. The van der Waals surface area contributed by atoms with E-state index in [0.29, 0.717) is 0 Å². The van der Waals surface area contributed by atoms with Gasteiger partial charge in [0.2, 0.25) is 0 Å². The van der Waals surface area contributed by atoms with Crippen LogP contribution in [0.4, 0.5) is 0 Å². The van der Waals surface area contributed by atoms with Crippen LogP contribution < -0.4 is 5.32 Å². The molecule has 0 radical (unpaired) electrons. The molecular formula is C19H32N2. The maximum atomic E-state index is 3.64. The van der Waals surface area contributed by atoms with Crippen LogP contribution in [-0.2, 0) is 6.54 Å². The average Bonchev–Trinajstić information content (AvgIpc) is 3.22. The second kappa shape index (κ2) is 8.55. The lowest BCUT2D eigenvalue weighted by molar-refractivity contribution is 0.335. The quantitative estimate of drug-likeness (QED) is 0.793. The van der Waals surface area contributed by atoms with Gasteiger partial charge in [-0.05, 0) is 62.7 Å². The number of aryl methyl sites for hydroxylation is 1. The second-order valence-electron chi connectivity index (χ2n) is 6.20. The maximum absolute atomic E-state index is 3.64. The van der Waals surface area contributed by atoms with Crippen LogP contribution in [0.1, 0.15) is 62.1 Å². The smallest absolute Gasteiger partial charge is 0.0208 e. The number of nitrogens with one attached hydrogen (secondary N) is 1. The molecule has 0 atom stereocenters. The first-order valence-electron chi connectivity index (χ1n) is 8.85. The van der Waals surface area contributed by atoms with E-state index < -0.39 is 0 Å². The highest BCUT2D eigenvalue weighted by Crippen LogP contribution is 2.41. The van der Waals surface area contributed by atoms with Gasteiger partial charge < -0.3 is 10.2 Å². The zero-order valence-electron chi connectivity index (χ0n) is 14.1. The van der Waals surface area contributed by atoms with Crippen molar-refractivity contribution in [1.82, 2.24) is 10.2 Å². The average molecular weight is 288 g/mol. The molecule has 0 amide bonds. The Morgan fingerprint density at radius 2 is 1.86 bits per heavy atom. The van der Waals surface area contributed by atoms with E-state index >= 15 is 0 Å². The van der Waals surface area contributed by atoms with Crippen molar-refractivity contribution in [1.29, 1.82) is 0 Å². The highest BCUT2D eigenvalue weighted by Gasteiger charge is 2.25. The molecule has 0 unspecified atom stereocenters. The van der Waals surface area contributed by atoms with E-state index in [1.165, 1.54) is 56.4 Å². The number of rotatable bonds is 6. The minimum Gasteiger partial charge on any atom is -0.311 e. The van der Waals surface area contributed by atoms with E-state index in [0.717, 1.165) is 19.0 Å². The highest BCUT2D eigenvalue weighted by molar-refractivity contribution is 5.36. The summed E-state index contributed by atoms with van der Waals surface area (Å²) in [4.78, 5) is 2.57. The van der Waals surface area contributed by atoms with Crippen LogP contribution in [-0.4, -0.2) is 31.1 Å². The van der Waals surface area contributed by atoms with Gasteiger partial charge in [-0.15, -0.1) is 0 Å². The molecule has 2 heteroatoms. The van der Waals surface area contributed by atoms with Gasteiger partial charge in [-0.25, -0.2) is 0 Å². The summed E-state index contributed by atoms with van der Waals surface area (Å²) in [6.45, 7) is 12.2. The molecule has 1 aliphatic heterocycles. The Kier molecular flexibility index (Phi) is 6.72. The summed E-state index contributed by atoms with van der Waals surface area (Å²) in [7, 11) is 0. The third-order valence-electron chi connectivity index (χ3n) is 4.43. The Morgan fingerprint density at radius 1 is 1.14 bits per heavy atom. The Balaban J connectivity index is 0.000000774. The van der Waals surface area contributed by atoms with E-state index in [1.54, 1.807) is 5.56 Å². The number of nitrogens with zero attached hydrogens (tertiary/aromatic N) is 1. The summed E-state index contributed by atoms with van der Waals surface area (Å²) in [5, 5.41) is 3.64. The van der Waals surface area contributed by atoms with Gasteiger partial charge in [-0.3, -0.25) is 0 Å². The SMILES string of the molecule is CC.Cc1ccc(C2CC2)c(CNCCN2CCCC2)c1. The molecule has 0 spiro atoms. The van der Waals surface area contributed by atoms with Gasteiger partial charge in [0.25, 0.3) is 0 Å². The number of benzene rings is 1. The van der Waals surface area contributed by atoms with Crippen LogP contribution in [0.3, 0.4) is 0 Å². The second-order valence-corrected chi connectivity index (χ2v) is 6.20. The van der Waals surface area contributed by atoms with Crippen molar-refractivity contribution >= 4 is 0 Å². The van der Waals surface area contributed by atoms with Crippen molar-refractivity contribution < 1.29 is 0 Å². The zero-order valence-corrected chi connectivity index (χ0v) is 14.1. The molecule has 3 rings (SSSR count). The topological polar surface area (TPSA) is 15.3 Å². The van der Waals surface area contributed by atoms with Crippen LogP contribution in [0.25, 0.3) is 0 Å².